The van der Waals surface area contributed by atoms with Gasteiger partial charge in [-0.3, -0.25) is 9.53 Å². The van der Waals surface area contributed by atoms with Crippen LogP contribution < -0.4 is 10.1 Å². The Morgan fingerprint density at radius 3 is 2.42 bits per heavy atom. The van der Waals surface area contributed by atoms with E-state index in [0.29, 0.717) is 24.6 Å². The Labute approximate surface area is 191 Å². The van der Waals surface area contributed by atoms with E-state index in [0.717, 1.165) is 18.9 Å². The monoisotopic (exact) mass is 491 g/mol. The summed E-state index contributed by atoms with van der Waals surface area (Å²) in [6, 6.07) is 3.92. The maximum atomic E-state index is 13.4. The number of benzene rings is 1. The molecule has 12 heteroatoms. The molecule has 1 amide bonds. The van der Waals surface area contributed by atoms with Gasteiger partial charge in [0.1, 0.15) is 11.6 Å². The summed E-state index contributed by atoms with van der Waals surface area (Å²) in [5, 5.41) is 11.0. The number of carbonyl (C=O) groups is 1. The smallest absolute Gasteiger partial charge is 0.484 e. The van der Waals surface area contributed by atoms with Crippen LogP contribution in [0, 0.1) is 5.82 Å². The molecule has 2 aliphatic rings. The number of nitrogens with zero attached hydrogens (tertiary/aromatic N) is 2. The second-order valence-electron chi connectivity index (χ2n) is 8.31. The van der Waals surface area contributed by atoms with Crippen molar-refractivity contribution in [2.45, 2.75) is 68.9 Å². The van der Waals surface area contributed by atoms with Gasteiger partial charge in [0.25, 0.3) is 5.91 Å². The highest BCUT2D eigenvalue weighted by Crippen LogP contribution is 2.42. The van der Waals surface area contributed by atoms with Gasteiger partial charge < -0.3 is 14.5 Å². The molecule has 0 atom stereocenters. The first-order valence-electron chi connectivity index (χ1n) is 10.6. The van der Waals surface area contributed by atoms with Gasteiger partial charge in [-0.2, -0.15) is 0 Å². The minimum Gasteiger partial charge on any atom is -0.484 e. The average Bonchev–Trinajstić information content (AvgIpc) is 3.21. The number of hydrogen-bond acceptors (Lipinski definition) is 6. The lowest BCUT2D eigenvalue weighted by molar-refractivity contribution is -0.352. The first-order valence-corrected chi connectivity index (χ1v) is 11.0. The van der Waals surface area contributed by atoms with Crippen molar-refractivity contribution in [1.82, 2.24) is 15.5 Å². The predicted octanol–water partition coefficient (Wildman–Crippen LogP) is 4.87. The Morgan fingerprint density at radius 1 is 1.12 bits per heavy atom. The van der Waals surface area contributed by atoms with E-state index in [1.54, 1.807) is 0 Å². The van der Waals surface area contributed by atoms with Crippen molar-refractivity contribution in [3.8, 4) is 5.75 Å². The summed E-state index contributed by atoms with van der Waals surface area (Å²) in [6.45, 7) is -0.242. The molecule has 7 nitrogen and oxygen atoms in total. The van der Waals surface area contributed by atoms with Crippen molar-refractivity contribution >= 4 is 17.5 Å². The number of halogens is 5. The Balaban J connectivity index is 1.18. The zero-order valence-corrected chi connectivity index (χ0v) is 18.2. The molecule has 180 valence electrons. The topological polar surface area (TPSA) is 86.5 Å². The van der Waals surface area contributed by atoms with Crippen molar-refractivity contribution in [3.63, 3.8) is 0 Å². The number of hydrogen-bond donors (Lipinski definition) is 1. The lowest BCUT2D eigenvalue weighted by atomic mass is 9.82. The van der Waals surface area contributed by atoms with E-state index >= 15 is 0 Å². The molecule has 1 N–H and O–H groups in total. The van der Waals surface area contributed by atoms with Gasteiger partial charge >= 0.3 is 6.36 Å². The molecule has 1 aromatic heterocycles. The quantitative estimate of drug-likeness (QED) is 0.556. The van der Waals surface area contributed by atoms with Crippen LogP contribution in [0.25, 0.3) is 0 Å². The van der Waals surface area contributed by atoms with Crippen molar-refractivity contribution in [2.75, 3.05) is 6.61 Å². The molecular weight excluding hydrogens is 470 g/mol. The summed E-state index contributed by atoms with van der Waals surface area (Å²) >= 11 is 5.61. The number of carbonyl (C=O) groups excluding carboxylic acids is 1. The number of amides is 1. The third-order valence-electron chi connectivity index (χ3n) is 5.90. The zero-order chi connectivity index (χ0) is 23.6. The highest BCUT2D eigenvalue weighted by atomic mass is 35.5. The Bertz CT molecular complexity index is 973. The van der Waals surface area contributed by atoms with Gasteiger partial charge in [-0.15, -0.1) is 23.4 Å². The fourth-order valence-electron chi connectivity index (χ4n) is 4.10. The number of nitrogens with one attached hydrogen (secondary N) is 1. The Morgan fingerprint density at radius 2 is 1.79 bits per heavy atom. The van der Waals surface area contributed by atoms with Gasteiger partial charge in [-0.05, 0) is 50.7 Å². The zero-order valence-electron chi connectivity index (χ0n) is 17.4. The molecule has 0 radical (unpaired) electrons. The standard InChI is InChI=1S/C21H22ClF4N3O4/c22-16-6-5-14(9-17(16)23)31-10-18(30)27-13-3-1-11(2-4-13)19-28-29-20(32-19)12-7-15(8-12)33-21(24,25)26/h5-6,9,11-13,15H,1-4,7-8,10H2,(H,27,30)/t11-,12-,13-,15+. The molecule has 0 spiro atoms. The van der Waals surface area contributed by atoms with E-state index in [1.165, 1.54) is 12.1 Å². The van der Waals surface area contributed by atoms with E-state index < -0.39 is 18.3 Å². The summed E-state index contributed by atoms with van der Waals surface area (Å²) in [6.07, 6.45) is -2.25. The predicted molar refractivity (Wildman–Crippen MR) is 107 cm³/mol. The fourth-order valence-corrected chi connectivity index (χ4v) is 4.22. The maximum absolute atomic E-state index is 13.4. The van der Waals surface area contributed by atoms with E-state index in [4.69, 9.17) is 20.8 Å². The molecule has 2 aliphatic carbocycles. The number of aromatic nitrogens is 2. The first kappa shape index (κ1) is 23.7. The molecular formula is C21H22ClF4N3O4. The summed E-state index contributed by atoms with van der Waals surface area (Å²) in [7, 11) is 0. The van der Waals surface area contributed by atoms with Crippen LogP contribution in [-0.2, 0) is 9.53 Å². The fraction of sp³-hybridized carbons (Fsp3) is 0.571. The van der Waals surface area contributed by atoms with Gasteiger partial charge in [0, 0.05) is 23.9 Å². The van der Waals surface area contributed by atoms with Gasteiger partial charge in [0.15, 0.2) is 6.61 Å². The molecule has 2 saturated carbocycles. The van der Waals surface area contributed by atoms with Crippen molar-refractivity contribution in [3.05, 3.63) is 40.8 Å². The van der Waals surface area contributed by atoms with Crippen molar-refractivity contribution in [1.29, 1.82) is 0 Å². The van der Waals surface area contributed by atoms with Crippen LogP contribution in [0.15, 0.2) is 22.6 Å². The molecule has 0 saturated heterocycles. The lowest BCUT2D eigenvalue weighted by Crippen LogP contribution is -2.39. The number of alkyl halides is 3. The van der Waals surface area contributed by atoms with Gasteiger partial charge in [-0.1, -0.05) is 11.6 Å². The molecule has 4 rings (SSSR count). The normalized spacial score (nSPS) is 25.4. The molecule has 0 aliphatic heterocycles. The number of rotatable bonds is 7. The third-order valence-corrected chi connectivity index (χ3v) is 6.21. The third kappa shape index (κ3) is 6.35. The highest BCUT2D eigenvalue weighted by molar-refractivity contribution is 6.30. The highest BCUT2D eigenvalue weighted by Gasteiger charge is 2.42. The molecule has 33 heavy (non-hydrogen) atoms. The van der Waals surface area contributed by atoms with Crippen LogP contribution in [0.5, 0.6) is 5.75 Å². The van der Waals surface area contributed by atoms with E-state index in [1.807, 2.05) is 0 Å². The van der Waals surface area contributed by atoms with E-state index in [9.17, 15) is 22.4 Å². The van der Waals surface area contributed by atoms with Crippen LogP contribution in [0.1, 0.15) is 62.1 Å². The van der Waals surface area contributed by atoms with Gasteiger partial charge in [0.2, 0.25) is 11.8 Å². The first-order chi connectivity index (χ1) is 15.7. The molecule has 1 heterocycles. The molecule has 2 fully saturated rings. The maximum Gasteiger partial charge on any atom is 0.522 e. The van der Waals surface area contributed by atoms with Gasteiger partial charge in [0.05, 0.1) is 11.1 Å². The van der Waals surface area contributed by atoms with E-state index in [-0.39, 0.29) is 54.0 Å². The van der Waals surface area contributed by atoms with Crippen LogP contribution in [-0.4, -0.2) is 41.2 Å². The summed E-state index contributed by atoms with van der Waals surface area (Å²) in [5.74, 6) is -0.0799. The van der Waals surface area contributed by atoms with Crippen molar-refractivity contribution < 1.29 is 36.2 Å². The Kier molecular flexibility index (Phi) is 7.08. The number of ether oxygens (including phenoxy) is 2. The molecule has 1 aromatic carbocycles. The van der Waals surface area contributed by atoms with E-state index in [2.05, 4.69) is 20.3 Å². The van der Waals surface area contributed by atoms with Crippen LogP contribution in [0.2, 0.25) is 5.02 Å². The molecule has 2 aromatic rings. The second-order valence-corrected chi connectivity index (χ2v) is 8.72. The largest absolute Gasteiger partial charge is 0.522 e. The van der Waals surface area contributed by atoms with Crippen molar-refractivity contribution in [2.24, 2.45) is 0 Å². The molecule has 0 unspecified atom stereocenters. The summed E-state index contributed by atoms with van der Waals surface area (Å²) < 4.78 is 65.1. The minimum absolute atomic E-state index is 0.0238. The second kappa shape index (κ2) is 9.84. The van der Waals surface area contributed by atoms with Crippen LogP contribution >= 0.6 is 11.6 Å². The summed E-state index contributed by atoms with van der Waals surface area (Å²) in [4.78, 5) is 12.1. The van der Waals surface area contributed by atoms with Gasteiger partial charge in [-0.25, -0.2) is 4.39 Å². The van der Waals surface area contributed by atoms with Crippen LogP contribution in [0.4, 0.5) is 17.6 Å². The average molecular weight is 492 g/mol. The SMILES string of the molecule is O=C(COc1ccc(Cl)c(F)c1)N[C@H]1CC[C@H](c2nnc([C@H]3C[C@@H](OC(F)(F)F)C3)o2)CC1. The Hall–Kier alpha value is -2.40. The van der Waals surface area contributed by atoms with Crippen LogP contribution in [0.3, 0.4) is 0 Å². The lowest BCUT2D eigenvalue weighted by Gasteiger charge is -2.33. The summed E-state index contributed by atoms with van der Waals surface area (Å²) in [5.41, 5.74) is 0. The molecule has 0 bridgehead atoms. The minimum atomic E-state index is -4.64.